The Kier molecular flexibility index (Phi) is 6.70. The summed E-state index contributed by atoms with van der Waals surface area (Å²) < 4.78 is 11.7. The first-order valence-corrected chi connectivity index (χ1v) is 9.44. The van der Waals surface area contributed by atoms with Crippen molar-refractivity contribution in [1.29, 1.82) is 0 Å². The number of likely N-dealkylation sites (N-methyl/N-ethyl adjacent to an activating group) is 1. The molecule has 0 amide bonds. The fourth-order valence-corrected chi connectivity index (χ4v) is 3.30. The standard InChI is InChI=1S/C20H31N3O2/c1-21-20(23(2)11-13-24-15-16-8-9-16)22-14-18-10-12-25-19(18)17-6-4-3-5-7-17/h3-7,16,18-19H,8-15H2,1-2H3,(H,21,22). The second-order valence-corrected chi connectivity index (χ2v) is 7.12. The highest BCUT2D eigenvalue weighted by molar-refractivity contribution is 5.79. The Hall–Kier alpha value is -1.59. The molecule has 2 unspecified atom stereocenters. The molecule has 1 saturated heterocycles. The molecule has 0 radical (unpaired) electrons. The van der Waals surface area contributed by atoms with E-state index in [-0.39, 0.29) is 6.10 Å². The number of nitrogens with zero attached hydrogens (tertiary/aromatic N) is 2. The minimum Gasteiger partial charge on any atom is -0.379 e. The zero-order chi connectivity index (χ0) is 17.5. The van der Waals surface area contributed by atoms with Gasteiger partial charge < -0.3 is 19.7 Å². The summed E-state index contributed by atoms with van der Waals surface area (Å²) in [6.45, 7) is 4.23. The van der Waals surface area contributed by atoms with Crippen LogP contribution in [-0.4, -0.2) is 57.9 Å². The maximum atomic E-state index is 5.97. The van der Waals surface area contributed by atoms with Gasteiger partial charge in [0.2, 0.25) is 0 Å². The van der Waals surface area contributed by atoms with Gasteiger partial charge in [0.05, 0.1) is 12.7 Å². The summed E-state index contributed by atoms with van der Waals surface area (Å²) >= 11 is 0. The number of ether oxygens (including phenoxy) is 2. The molecule has 0 aromatic heterocycles. The number of hydrogen-bond acceptors (Lipinski definition) is 3. The van der Waals surface area contributed by atoms with Crippen LogP contribution in [0.4, 0.5) is 0 Å². The van der Waals surface area contributed by atoms with E-state index in [0.29, 0.717) is 5.92 Å². The number of rotatable bonds is 8. The zero-order valence-corrected chi connectivity index (χ0v) is 15.5. The lowest BCUT2D eigenvalue weighted by Gasteiger charge is -2.25. The molecule has 1 aliphatic carbocycles. The molecule has 138 valence electrons. The van der Waals surface area contributed by atoms with Gasteiger partial charge in [-0.2, -0.15) is 0 Å². The van der Waals surface area contributed by atoms with Crippen LogP contribution in [0.15, 0.2) is 35.3 Å². The van der Waals surface area contributed by atoms with E-state index in [9.17, 15) is 0 Å². The first-order chi connectivity index (χ1) is 12.3. The predicted octanol–water partition coefficient (Wildman–Crippen LogP) is 2.70. The Labute approximate surface area is 151 Å². The molecule has 0 bridgehead atoms. The van der Waals surface area contributed by atoms with E-state index >= 15 is 0 Å². The van der Waals surface area contributed by atoms with Gasteiger partial charge in [-0.15, -0.1) is 0 Å². The highest BCUT2D eigenvalue weighted by Crippen LogP contribution is 2.33. The van der Waals surface area contributed by atoms with Crippen molar-refractivity contribution in [3.05, 3.63) is 35.9 Å². The van der Waals surface area contributed by atoms with Gasteiger partial charge in [-0.1, -0.05) is 30.3 Å². The van der Waals surface area contributed by atoms with E-state index < -0.39 is 0 Å². The first kappa shape index (κ1) is 18.2. The van der Waals surface area contributed by atoms with Crippen LogP contribution in [-0.2, 0) is 9.47 Å². The molecule has 5 nitrogen and oxygen atoms in total. The SMILES string of the molecule is CN=C(NCC1CCOC1c1ccccc1)N(C)CCOCC1CC1. The molecule has 2 fully saturated rings. The minimum atomic E-state index is 0.180. The quantitative estimate of drug-likeness (QED) is 0.447. The number of hydrogen-bond donors (Lipinski definition) is 1. The molecule has 1 aromatic rings. The number of benzene rings is 1. The summed E-state index contributed by atoms with van der Waals surface area (Å²) in [6, 6.07) is 10.5. The summed E-state index contributed by atoms with van der Waals surface area (Å²) in [5, 5.41) is 3.51. The van der Waals surface area contributed by atoms with Gasteiger partial charge in [0.25, 0.3) is 0 Å². The normalized spacial score (nSPS) is 23.7. The van der Waals surface area contributed by atoms with Gasteiger partial charge in [0.1, 0.15) is 0 Å². The van der Waals surface area contributed by atoms with Gasteiger partial charge in [-0.05, 0) is 30.7 Å². The van der Waals surface area contributed by atoms with Crippen LogP contribution in [0.25, 0.3) is 0 Å². The van der Waals surface area contributed by atoms with Gasteiger partial charge in [0.15, 0.2) is 5.96 Å². The number of aliphatic imine (C=N–C) groups is 1. The molecule has 1 saturated carbocycles. The summed E-state index contributed by atoms with van der Waals surface area (Å²) in [5.74, 6) is 2.22. The van der Waals surface area contributed by atoms with Crippen LogP contribution in [0.2, 0.25) is 0 Å². The third-order valence-corrected chi connectivity index (χ3v) is 5.06. The third kappa shape index (κ3) is 5.44. The van der Waals surface area contributed by atoms with Crippen LogP contribution in [0.5, 0.6) is 0 Å². The third-order valence-electron chi connectivity index (χ3n) is 5.06. The highest BCUT2D eigenvalue weighted by Gasteiger charge is 2.29. The fourth-order valence-electron chi connectivity index (χ4n) is 3.30. The molecule has 5 heteroatoms. The lowest BCUT2D eigenvalue weighted by Crippen LogP contribution is -2.42. The van der Waals surface area contributed by atoms with E-state index in [0.717, 1.165) is 51.2 Å². The molecular weight excluding hydrogens is 314 g/mol. The average molecular weight is 345 g/mol. The molecule has 2 aliphatic rings. The fraction of sp³-hybridized carbons (Fsp3) is 0.650. The lowest BCUT2D eigenvalue weighted by molar-refractivity contribution is 0.0911. The number of guanidine groups is 1. The second kappa shape index (κ2) is 9.20. The van der Waals surface area contributed by atoms with Crippen molar-refractivity contribution >= 4 is 5.96 Å². The van der Waals surface area contributed by atoms with Gasteiger partial charge >= 0.3 is 0 Å². The van der Waals surface area contributed by atoms with Crippen LogP contribution in [0, 0.1) is 11.8 Å². The monoisotopic (exact) mass is 345 g/mol. The van der Waals surface area contributed by atoms with Crippen molar-refractivity contribution in [2.24, 2.45) is 16.8 Å². The van der Waals surface area contributed by atoms with Crippen molar-refractivity contribution < 1.29 is 9.47 Å². The largest absolute Gasteiger partial charge is 0.379 e. The molecule has 0 spiro atoms. The molecule has 3 rings (SSSR count). The van der Waals surface area contributed by atoms with Crippen LogP contribution in [0.1, 0.15) is 30.9 Å². The van der Waals surface area contributed by atoms with Gasteiger partial charge in [-0.25, -0.2) is 0 Å². The molecule has 25 heavy (non-hydrogen) atoms. The van der Waals surface area contributed by atoms with Gasteiger partial charge in [-0.3, -0.25) is 4.99 Å². The minimum absolute atomic E-state index is 0.180. The first-order valence-electron chi connectivity index (χ1n) is 9.44. The Morgan fingerprint density at radius 1 is 1.28 bits per heavy atom. The molecule has 1 aliphatic heterocycles. The Morgan fingerprint density at radius 3 is 2.80 bits per heavy atom. The van der Waals surface area contributed by atoms with E-state index in [1.165, 1.54) is 18.4 Å². The smallest absolute Gasteiger partial charge is 0.193 e. The molecule has 1 heterocycles. The Morgan fingerprint density at radius 2 is 2.08 bits per heavy atom. The molecule has 1 aromatic carbocycles. The van der Waals surface area contributed by atoms with E-state index in [1.807, 2.05) is 13.1 Å². The Bertz CT molecular complexity index is 545. The average Bonchev–Trinajstić information content (AvgIpc) is 3.35. The zero-order valence-electron chi connectivity index (χ0n) is 15.5. The van der Waals surface area contributed by atoms with Gasteiger partial charge in [0, 0.05) is 46.3 Å². The Balaban J connectivity index is 1.43. The maximum Gasteiger partial charge on any atom is 0.193 e. The summed E-state index contributed by atoms with van der Waals surface area (Å²) in [5.41, 5.74) is 1.27. The van der Waals surface area contributed by atoms with Crippen LogP contribution in [0.3, 0.4) is 0 Å². The summed E-state index contributed by atoms with van der Waals surface area (Å²) in [6.07, 6.45) is 3.94. The number of nitrogens with one attached hydrogen (secondary N) is 1. The van der Waals surface area contributed by atoms with Crippen molar-refractivity contribution in [3.8, 4) is 0 Å². The van der Waals surface area contributed by atoms with Crippen LogP contribution >= 0.6 is 0 Å². The van der Waals surface area contributed by atoms with Crippen molar-refractivity contribution in [3.63, 3.8) is 0 Å². The van der Waals surface area contributed by atoms with Crippen molar-refractivity contribution in [2.45, 2.75) is 25.4 Å². The van der Waals surface area contributed by atoms with E-state index in [2.05, 4.69) is 46.5 Å². The second-order valence-electron chi connectivity index (χ2n) is 7.12. The summed E-state index contributed by atoms with van der Waals surface area (Å²) in [4.78, 5) is 6.55. The van der Waals surface area contributed by atoms with Crippen LogP contribution < -0.4 is 5.32 Å². The topological polar surface area (TPSA) is 46.1 Å². The lowest BCUT2D eigenvalue weighted by atomic mass is 9.95. The molecule has 1 N–H and O–H groups in total. The van der Waals surface area contributed by atoms with Crippen molar-refractivity contribution in [1.82, 2.24) is 10.2 Å². The van der Waals surface area contributed by atoms with Crippen molar-refractivity contribution in [2.75, 3.05) is 47.0 Å². The van der Waals surface area contributed by atoms with E-state index in [1.54, 1.807) is 0 Å². The predicted molar refractivity (Wildman–Crippen MR) is 101 cm³/mol. The summed E-state index contributed by atoms with van der Waals surface area (Å²) in [7, 11) is 3.90. The molecular formula is C20H31N3O2. The van der Waals surface area contributed by atoms with E-state index in [4.69, 9.17) is 9.47 Å². The maximum absolute atomic E-state index is 5.97. The molecule has 2 atom stereocenters. The highest BCUT2D eigenvalue weighted by atomic mass is 16.5.